The molecule has 1 aromatic carbocycles. The number of carbonyl (C=O) groups excluding carboxylic acids is 1. The highest BCUT2D eigenvalue weighted by Gasteiger charge is 2.25. The second-order valence-electron chi connectivity index (χ2n) is 3.81. The maximum atomic E-state index is 11.9. The molecule has 0 fully saturated rings. The number of likely N-dealkylation sites (N-methyl/N-ethyl adjacent to an activating group) is 1. The second-order valence-corrected chi connectivity index (χ2v) is 3.81. The molecule has 0 radical (unpaired) electrons. The molecule has 3 N–H and O–H groups in total. The van der Waals surface area contributed by atoms with Gasteiger partial charge in [-0.15, -0.1) is 0 Å². The molecule has 2 aromatic rings. The van der Waals surface area contributed by atoms with Crippen molar-refractivity contribution in [3.8, 4) is 11.5 Å². The lowest BCUT2D eigenvalue weighted by atomic mass is 9.95. The molecule has 0 aliphatic carbocycles. The zero-order chi connectivity index (χ0) is 13.1. The summed E-state index contributed by atoms with van der Waals surface area (Å²) in [6.45, 7) is 0. The minimum atomic E-state index is -0.656. The van der Waals surface area contributed by atoms with E-state index in [1.165, 1.54) is 25.4 Å². The van der Waals surface area contributed by atoms with Crippen LogP contribution in [0.2, 0.25) is 0 Å². The summed E-state index contributed by atoms with van der Waals surface area (Å²) in [5.74, 6) is -0.937. The topological polar surface area (TPSA) is 82.7 Å². The fraction of sp³-hybridized carbons (Fsp3) is 0.154. The predicted octanol–water partition coefficient (Wildman–Crippen LogP) is 1.57. The van der Waals surface area contributed by atoms with Crippen LogP contribution in [0.1, 0.15) is 17.2 Å². The highest BCUT2D eigenvalue weighted by atomic mass is 16.3. The van der Waals surface area contributed by atoms with Gasteiger partial charge in [0.2, 0.25) is 5.91 Å². The number of benzene rings is 1. The molecule has 5 heteroatoms. The highest BCUT2D eigenvalue weighted by molar-refractivity contribution is 5.86. The lowest BCUT2D eigenvalue weighted by molar-refractivity contribution is -0.121. The van der Waals surface area contributed by atoms with Crippen LogP contribution >= 0.6 is 0 Å². The van der Waals surface area contributed by atoms with Crippen molar-refractivity contribution in [3.63, 3.8) is 0 Å². The Morgan fingerprint density at radius 1 is 1.28 bits per heavy atom. The van der Waals surface area contributed by atoms with E-state index in [4.69, 9.17) is 4.42 Å². The third-order valence-electron chi connectivity index (χ3n) is 2.67. The quantitative estimate of drug-likeness (QED) is 0.719. The van der Waals surface area contributed by atoms with Gasteiger partial charge in [-0.25, -0.2) is 0 Å². The van der Waals surface area contributed by atoms with Gasteiger partial charge in [0.05, 0.1) is 6.26 Å². The van der Waals surface area contributed by atoms with Crippen molar-refractivity contribution in [1.29, 1.82) is 0 Å². The van der Waals surface area contributed by atoms with Crippen LogP contribution in [-0.4, -0.2) is 23.2 Å². The molecule has 0 bridgehead atoms. The zero-order valence-electron chi connectivity index (χ0n) is 9.75. The number of furan rings is 1. The van der Waals surface area contributed by atoms with Gasteiger partial charge in [-0.05, 0) is 29.8 Å². The van der Waals surface area contributed by atoms with E-state index in [0.717, 1.165) is 0 Å². The summed E-state index contributed by atoms with van der Waals surface area (Å²) in [5, 5.41) is 21.3. The Hall–Kier alpha value is -2.43. The molecule has 0 spiro atoms. The first-order valence-electron chi connectivity index (χ1n) is 5.40. The summed E-state index contributed by atoms with van der Waals surface area (Å²) in [5.41, 5.74) is 0.541. The number of rotatable bonds is 3. The minimum Gasteiger partial charge on any atom is -0.504 e. The zero-order valence-corrected chi connectivity index (χ0v) is 9.75. The maximum absolute atomic E-state index is 11.9. The van der Waals surface area contributed by atoms with Crippen LogP contribution in [0, 0.1) is 0 Å². The molecule has 0 aliphatic rings. The Balaban J connectivity index is 2.46. The number of phenols is 2. The van der Waals surface area contributed by atoms with Crippen molar-refractivity contribution in [1.82, 2.24) is 5.32 Å². The van der Waals surface area contributed by atoms with Gasteiger partial charge in [0, 0.05) is 7.05 Å². The van der Waals surface area contributed by atoms with Crippen molar-refractivity contribution in [2.45, 2.75) is 5.92 Å². The summed E-state index contributed by atoms with van der Waals surface area (Å²) in [6, 6.07) is 7.62. The first-order chi connectivity index (χ1) is 8.63. The number of nitrogens with one attached hydrogen (secondary N) is 1. The largest absolute Gasteiger partial charge is 0.504 e. The van der Waals surface area contributed by atoms with Crippen LogP contribution in [-0.2, 0) is 4.79 Å². The lowest BCUT2D eigenvalue weighted by Gasteiger charge is -2.14. The second kappa shape index (κ2) is 4.83. The standard InChI is InChI=1S/C13H13NO4/c1-14-13(17)12(11-3-2-6-18-11)8-4-5-9(15)10(16)7-8/h2-7,12,15-16H,1H3,(H,14,17). The molecule has 1 atom stereocenters. The maximum Gasteiger partial charge on any atom is 0.234 e. The molecule has 18 heavy (non-hydrogen) atoms. The van der Waals surface area contributed by atoms with E-state index in [1.807, 2.05) is 0 Å². The molecule has 5 nitrogen and oxygen atoms in total. The number of carbonyl (C=O) groups is 1. The van der Waals surface area contributed by atoms with Gasteiger partial charge in [-0.2, -0.15) is 0 Å². The molecule has 1 heterocycles. The Kier molecular flexibility index (Phi) is 3.23. The fourth-order valence-electron chi connectivity index (χ4n) is 1.76. The van der Waals surface area contributed by atoms with Crippen molar-refractivity contribution >= 4 is 5.91 Å². The highest BCUT2D eigenvalue weighted by Crippen LogP contribution is 2.32. The first-order valence-corrected chi connectivity index (χ1v) is 5.40. The summed E-state index contributed by atoms with van der Waals surface area (Å²) in [4.78, 5) is 11.9. The van der Waals surface area contributed by atoms with E-state index in [0.29, 0.717) is 11.3 Å². The van der Waals surface area contributed by atoms with Gasteiger partial charge < -0.3 is 19.9 Å². The fourth-order valence-corrected chi connectivity index (χ4v) is 1.76. The van der Waals surface area contributed by atoms with Gasteiger partial charge in [-0.3, -0.25) is 4.79 Å². The molecule has 1 amide bonds. The lowest BCUT2D eigenvalue weighted by Crippen LogP contribution is -2.26. The third-order valence-corrected chi connectivity index (χ3v) is 2.67. The van der Waals surface area contributed by atoms with E-state index in [9.17, 15) is 15.0 Å². The Morgan fingerprint density at radius 2 is 2.06 bits per heavy atom. The van der Waals surface area contributed by atoms with Crippen molar-refractivity contribution in [2.24, 2.45) is 0 Å². The molecule has 0 saturated carbocycles. The number of phenolic OH excluding ortho intramolecular Hbond substituents is 2. The molecule has 0 saturated heterocycles. The van der Waals surface area contributed by atoms with Crippen LogP contribution in [0.15, 0.2) is 41.0 Å². The predicted molar refractivity (Wildman–Crippen MR) is 64.4 cm³/mol. The monoisotopic (exact) mass is 247 g/mol. The van der Waals surface area contributed by atoms with Gasteiger partial charge in [0.1, 0.15) is 11.7 Å². The van der Waals surface area contributed by atoms with Crippen LogP contribution in [0.4, 0.5) is 0 Å². The van der Waals surface area contributed by atoms with Gasteiger partial charge in [-0.1, -0.05) is 6.07 Å². The van der Waals surface area contributed by atoms with E-state index in [2.05, 4.69) is 5.32 Å². The first kappa shape index (κ1) is 12.0. The van der Waals surface area contributed by atoms with E-state index < -0.39 is 5.92 Å². The molecule has 94 valence electrons. The Labute approximate surface area is 104 Å². The smallest absolute Gasteiger partial charge is 0.234 e. The van der Waals surface area contributed by atoms with Crippen LogP contribution in [0.5, 0.6) is 11.5 Å². The summed E-state index contributed by atoms with van der Waals surface area (Å²) in [7, 11) is 1.53. The molecule has 2 rings (SSSR count). The number of amides is 1. The molecule has 1 unspecified atom stereocenters. The number of hydrogen-bond acceptors (Lipinski definition) is 4. The van der Waals surface area contributed by atoms with Crippen molar-refractivity contribution in [3.05, 3.63) is 47.9 Å². The summed E-state index contributed by atoms with van der Waals surface area (Å²) < 4.78 is 5.24. The SMILES string of the molecule is CNC(=O)C(c1ccc(O)c(O)c1)c1ccco1. The van der Waals surface area contributed by atoms with Crippen molar-refractivity contribution in [2.75, 3.05) is 7.05 Å². The van der Waals surface area contributed by atoms with Crippen LogP contribution in [0.3, 0.4) is 0 Å². The molecule has 1 aromatic heterocycles. The van der Waals surface area contributed by atoms with Crippen LogP contribution < -0.4 is 5.32 Å². The summed E-state index contributed by atoms with van der Waals surface area (Å²) >= 11 is 0. The minimum absolute atomic E-state index is 0.228. The van der Waals surface area contributed by atoms with E-state index >= 15 is 0 Å². The molecular formula is C13H13NO4. The molecule has 0 aliphatic heterocycles. The average Bonchev–Trinajstić information content (AvgIpc) is 2.87. The number of hydrogen-bond donors (Lipinski definition) is 3. The number of aromatic hydroxyl groups is 2. The summed E-state index contributed by atoms with van der Waals surface area (Å²) in [6.07, 6.45) is 1.48. The third kappa shape index (κ3) is 2.15. The van der Waals surface area contributed by atoms with Crippen LogP contribution in [0.25, 0.3) is 0 Å². The molecular weight excluding hydrogens is 234 g/mol. The van der Waals surface area contributed by atoms with E-state index in [1.54, 1.807) is 18.2 Å². The Morgan fingerprint density at radius 3 is 2.61 bits per heavy atom. The Bertz CT molecular complexity index is 548. The average molecular weight is 247 g/mol. The van der Waals surface area contributed by atoms with Crippen molar-refractivity contribution < 1.29 is 19.4 Å². The van der Waals surface area contributed by atoms with Gasteiger partial charge in [0.15, 0.2) is 11.5 Å². The van der Waals surface area contributed by atoms with Gasteiger partial charge in [0.25, 0.3) is 0 Å². The van der Waals surface area contributed by atoms with E-state index in [-0.39, 0.29) is 17.4 Å². The van der Waals surface area contributed by atoms with Gasteiger partial charge >= 0.3 is 0 Å². The normalized spacial score (nSPS) is 12.1.